The fourth-order valence-corrected chi connectivity index (χ4v) is 3.81. The van der Waals surface area contributed by atoms with Crippen LogP contribution in [0.15, 0.2) is 99.2 Å². The first kappa shape index (κ1) is 18.8. The average molecular weight is 402 g/mol. The molecule has 1 aromatic heterocycles. The SMILES string of the molecule is NC(=Nc1nc2ccccc2o1)NC(=O)[C@@H](Sc1ccccc1)c1ccccc1. The number of para-hydroxylation sites is 2. The van der Waals surface area contributed by atoms with Gasteiger partial charge in [-0.05, 0) is 29.8 Å². The van der Waals surface area contributed by atoms with Crippen LogP contribution in [0.5, 0.6) is 0 Å². The van der Waals surface area contributed by atoms with Crippen molar-refractivity contribution < 1.29 is 9.21 Å². The van der Waals surface area contributed by atoms with E-state index in [1.807, 2.05) is 78.9 Å². The molecule has 144 valence electrons. The first-order valence-corrected chi connectivity index (χ1v) is 9.84. The van der Waals surface area contributed by atoms with E-state index in [4.69, 9.17) is 10.2 Å². The summed E-state index contributed by atoms with van der Waals surface area (Å²) in [5.41, 5.74) is 8.09. The van der Waals surface area contributed by atoms with Gasteiger partial charge in [-0.15, -0.1) is 11.8 Å². The Bertz CT molecular complexity index is 1110. The van der Waals surface area contributed by atoms with Gasteiger partial charge in [-0.1, -0.05) is 60.7 Å². The van der Waals surface area contributed by atoms with Crippen LogP contribution in [0.2, 0.25) is 0 Å². The molecule has 1 amide bonds. The minimum absolute atomic E-state index is 0.0730. The van der Waals surface area contributed by atoms with Crippen molar-refractivity contribution in [1.82, 2.24) is 10.3 Å². The Kier molecular flexibility index (Phi) is 5.58. The van der Waals surface area contributed by atoms with Crippen molar-refractivity contribution in [2.45, 2.75) is 10.1 Å². The van der Waals surface area contributed by atoms with Crippen LogP contribution in [-0.4, -0.2) is 16.9 Å². The summed E-state index contributed by atoms with van der Waals surface area (Å²) in [6.07, 6.45) is 0. The fraction of sp³-hybridized carbons (Fsp3) is 0.0455. The van der Waals surface area contributed by atoms with E-state index in [2.05, 4.69) is 15.3 Å². The Morgan fingerprint density at radius 1 is 0.966 bits per heavy atom. The molecule has 4 aromatic rings. The Hall–Kier alpha value is -3.58. The van der Waals surface area contributed by atoms with E-state index < -0.39 is 5.25 Å². The van der Waals surface area contributed by atoms with E-state index in [0.29, 0.717) is 11.1 Å². The van der Waals surface area contributed by atoms with Crippen molar-refractivity contribution in [3.05, 3.63) is 90.5 Å². The summed E-state index contributed by atoms with van der Waals surface area (Å²) in [7, 11) is 0. The molecule has 3 aromatic carbocycles. The quantitative estimate of drug-likeness (QED) is 0.293. The van der Waals surface area contributed by atoms with Crippen LogP contribution in [0.4, 0.5) is 6.01 Å². The molecule has 1 heterocycles. The third-order valence-electron chi connectivity index (χ3n) is 4.09. The molecular formula is C22H18N4O2S. The predicted molar refractivity (Wildman–Crippen MR) is 115 cm³/mol. The van der Waals surface area contributed by atoms with Gasteiger partial charge in [0.25, 0.3) is 0 Å². The number of nitrogens with two attached hydrogens (primary N) is 1. The molecule has 0 saturated heterocycles. The van der Waals surface area contributed by atoms with E-state index in [-0.39, 0.29) is 17.9 Å². The monoisotopic (exact) mass is 402 g/mol. The van der Waals surface area contributed by atoms with Crippen molar-refractivity contribution in [3.63, 3.8) is 0 Å². The normalized spacial score (nSPS) is 12.6. The van der Waals surface area contributed by atoms with Crippen LogP contribution in [-0.2, 0) is 4.79 Å². The highest BCUT2D eigenvalue weighted by Crippen LogP contribution is 2.35. The highest BCUT2D eigenvalue weighted by molar-refractivity contribution is 8.00. The number of aliphatic imine (C=N–C) groups is 1. The predicted octanol–water partition coefficient (Wildman–Crippen LogP) is 4.42. The molecule has 0 radical (unpaired) electrons. The molecule has 0 aliphatic carbocycles. The molecule has 6 nitrogen and oxygen atoms in total. The van der Waals surface area contributed by atoms with Gasteiger partial charge in [0.2, 0.25) is 11.9 Å². The lowest BCUT2D eigenvalue weighted by atomic mass is 10.1. The summed E-state index contributed by atoms with van der Waals surface area (Å²) in [5, 5.41) is 2.17. The summed E-state index contributed by atoms with van der Waals surface area (Å²) >= 11 is 1.44. The molecule has 29 heavy (non-hydrogen) atoms. The van der Waals surface area contributed by atoms with Crippen molar-refractivity contribution in [1.29, 1.82) is 0 Å². The zero-order valence-corrected chi connectivity index (χ0v) is 16.2. The number of benzene rings is 3. The first-order chi connectivity index (χ1) is 14.2. The molecular weight excluding hydrogens is 384 g/mol. The summed E-state index contributed by atoms with van der Waals surface area (Å²) in [5.74, 6) is -0.349. The molecule has 0 bridgehead atoms. The smallest absolute Gasteiger partial charge is 0.325 e. The number of hydrogen-bond acceptors (Lipinski definition) is 5. The van der Waals surface area contributed by atoms with E-state index in [9.17, 15) is 4.79 Å². The van der Waals surface area contributed by atoms with E-state index in [0.717, 1.165) is 10.5 Å². The van der Waals surface area contributed by atoms with Crippen molar-refractivity contribution in [2.24, 2.45) is 10.7 Å². The summed E-state index contributed by atoms with van der Waals surface area (Å²) in [6, 6.07) is 26.7. The maximum atomic E-state index is 13.0. The maximum absolute atomic E-state index is 13.0. The summed E-state index contributed by atoms with van der Waals surface area (Å²) < 4.78 is 5.53. The largest absolute Gasteiger partial charge is 0.422 e. The van der Waals surface area contributed by atoms with Crippen LogP contribution in [0.3, 0.4) is 0 Å². The highest BCUT2D eigenvalue weighted by Gasteiger charge is 2.22. The van der Waals surface area contributed by atoms with E-state index in [1.165, 1.54) is 11.8 Å². The van der Waals surface area contributed by atoms with Crippen LogP contribution in [0.1, 0.15) is 10.8 Å². The Balaban J connectivity index is 1.55. The molecule has 4 rings (SSSR count). The number of hydrogen-bond donors (Lipinski definition) is 2. The lowest BCUT2D eigenvalue weighted by molar-refractivity contribution is -0.119. The highest BCUT2D eigenvalue weighted by atomic mass is 32.2. The number of carbonyl (C=O) groups is 1. The number of guanidine groups is 1. The molecule has 0 unspecified atom stereocenters. The number of fused-ring (bicyclic) bond motifs is 1. The van der Waals surface area contributed by atoms with Crippen molar-refractivity contribution >= 4 is 40.7 Å². The van der Waals surface area contributed by atoms with Crippen LogP contribution in [0.25, 0.3) is 11.1 Å². The first-order valence-electron chi connectivity index (χ1n) is 8.96. The van der Waals surface area contributed by atoms with Gasteiger partial charge in [-0.3, -0.25) is 10.1 Å². The minimum Gasteiger partial charge on any atom is -0.422 e. The number of oxazole rings is 1. The molecule has 7 heteroatoms. The number of carbonyl (C=O) groups excluding carboxylic acids is 1. The Morgan fingerprint density at radius 3 is 2.34 bits per heavy atom. The van der Waals surface area contributed by atoms with Gasteiger partial charge in [0.1, 0.15) is 10.8 Å². The second-order valence-corrected chi connectivity index (χ2v) is 7.35. The lowest BCUT2D eigenvalue weighted by Crippen LogP contribution is -2.38. The average Bonchev–Trinajstić information content (AvgIpc) is 3.15. The standard InChI is InChI=1S/C22H18N4O2S/c23-21(26-22-24-17-13-7-8-14-18(17)28-22)25-20(27)19(15-9-3-1-4-10-15)29-16-11-5-2-6-12-16/h1-14,19H,(H3,23,24,25,26,27)/t19-/m0/s1. The number of nitrogens with zero attached hydrogens (tertiary/aromatic N) is 2. The third kappa shape index (κ3) is 4.64. The fourth-order valence-electron chi connectivity index (χ4n) is 2.77. The molecule has 1 atom stereocenters. The zero-order chi connectivity index (χ0) is 20.1. The van der Waals surface area contributed by atoms with Gasteiger partial charge in [-0.25, -0.2) is 0 Å². The molecule has 0 spiro atoms. The van der Waals surface area contributed by atoms with Crippen molar-refractivity contribution in [2.75, 3.05) is 0 Å². The van der Waals surface area contributed by atoms with Crippen LogP contribution in [0, 0.1) is 0 Å². The number of rotatable bonds is 5. The van der Waals surface area contributed by atoms with E-state index in [1.54, 1.807) is 6.07 Å². The second-order valence-electron chi connectivity index (χ2n) is 6.17. The van der Waals surface area contributed by atoms with Gasteiger partial charge in [0, 0.05) is 4.90 Å². The van der Waals surface area contributed by atoms with Gasteiger partial charge >= 0.3 is 6.01 Å². The number of amides is 1. The third-order valence-corrected chi connectivity index (χ3v) is 5.35. The Morgan fingerprint density at radius 2 is 1.62 bits per heavy atom. The van der Waals surface area contributed by atoms with Gasteiger partial charge < -0.3 is 10.2 Å². The number of nitrogens with one attached hydrogen (secondary N) is 1. The zero-order valence-electron chi connectivity index (χ0n) is 15.4. The molecule has 0 aliphatic rings. The molecule has 0 fully saturated rings. The maximum Gasteiger partial charge on any atom is 0.325 e. The van der Waals surface area contributed by atoms with E-state index >= 15 is 0 Å². The summed E-state index contributed by atoms with van der Waals surface area (Å²) in [6.45, 7) is 0. The van der Waals surface area contributed by atoms with Gasteiger partial charge in [-0.2, -0.15) is 9.98 Å². The van der Waals surface area contributed by atoms with Crippen LogP contribution < -0.4 is 11.1 Å². The number of aromatic nitrogens is 1. The summed E-state index contributed by atoms with van der Waals surface area (Å²) in [4.78, 5) is 22.3. The second kappa shape index (κ2) is 8.62. The topological polar surface area (TPSA) is 93.5 Å². The number of thioether (sulfide) groups is 1. The Labute approximate surface area is 171 Å². The lowest BCUT2D eigenvalue weighted by Gasteiger charge is -2.16. The molecule has 0 aliphatic heterocycles. The van der Waals surface area contributed by atoms with Crippen molar-refractivity contribution in [3.8, 4) is 0 Å². The molecule has 3 N–H and O–H groups in total. The van der Waals surface area contributed by atoms with Gasteiger partial charge in [0.15, 0.2) is 5.58 Å². The minimum atomic E-state index is -0.490. The van der Waals surface area contributed by atoms with Gasteiger partial charge in [0.05, 0.1) is 0 Å². The molecule has 0 saturated carbocycles. The van der Waals surface area contributed by atoms with Crippen LogP contribution >= 0.6 is 11.8 Å².